The fourth-order valence-corrected chi connectivity index (χ4v) is 3.53. The van der Waals surface area contributed by atoms with E-state index in [2.05, 4.69) is 53.9 Å². The molecule has 0 radical (unpaired) electrons. The van der Waals surface area contributed by atoms with Crippen LogP contribution in [0.3, 0.4) is 0 Å². The number of fused-ring (bicyclic) bond motifs is 1. The predicted octanol–water partition coefficient (Wildman–Crippen LogP) is 3.16. The van der Waals surface area contributed by atoms with Gasteiger partial charge in [0.15, 0.2) is 0 Å². The second-order valence-corrected chi connectivity index (χ2v) is 5.12. The standard InChI is InChI=1S/C16H15N/c1-2-6-13-12(5-1)11-15-14-7-3-4-8-16(13,14)9-10-17-15/h1-7,11,17H,8-10H2. The lowest BCUT2D eigenvalue weighted by molar-refractivity contribution is 0.418. The van der Waals surface area contributed by atoms with Gasteiger partial charge in [-0.3, -0.25) is 0 Å². The van der Waals surface area contributed by atoms with Crippen molar-refractivity contribution in [3.05, 3.63) is 64.9 Å². The van der Waals surface area contributed by atoms with Gasteiger partial charge in [-0.25, -0.2) is 0 Å². The Balaban J connectivity index is 2.06. The Hall–Kier alpha value is -1.76. The molecule has 1 aromatic rings. The molecule has 17 heavy (non-hydrogen) atoms. The Morgan fingerprint density at radius 1 is 1.18 bits per heavy atom. The summed E-state index contributed by atoms with van der Waals surface area (Å²) in [6, 6.07) is 8.85. The van der Waals surface area contributed by atoms with Gasteiger partial charge in [0, 0.05) is 17.7 Å². The smallest absolute Gasteiger partial charge is 0.0388 e. The molecule has 2 bridgehead atoms. The van der Waals surface area contributed by atoms with Gasteiger partial charge in [-0.2, -0.15) is 0 Å². The van der Waals surface area contributed by atoms with Gasteiger partial charge < -0.3 is 5.32 Å². The molecule has 1 heterocycles. The highest BCUT2D eigenvalue weighted by atomic mass is 14.9. The first kappa shape index (κ1) is 9.29. The average Bonchev–Trinajstić information content (AvgIpc) is 2.39. The van der Waals surface area contributed by atoms with Crippen LogP contribution in [-0.4, -0.2) is 6.54 Å². The van der Waals surface area contributed by atoms with E-state index in [-0.39, 0.29) is 5.41 Å². The van der Waals surface area contributed by atoms with Crippen molar-refractivity contribution in [1.82, 2.24) is 5.32 Å². The van der Waals surface area contributed by atoms with Gasteiger partial charge in [-0.1, -0.05) is 42.5 Å². The Morgan fingerprint density at radius 3 is 3.12 bits per heavy atom. The summed E-state index contributed by atoms with van der Waals surface area (Å²) < 4.78 is 0. The summed E-state index contributed by atoms with van der Waals surface area (Å²) in [4.78, 5) is 0. The molecule has 0 amide bonds. The van der Waals surface area contributed by atoms with Crippen LogP contribution in [0.25, 0.3) is 6.08 Å². The molecule has 1 saturated heterocycles. The van der Waals surface area contributed by atoms with Gasteiger partial charge in [-0.15, -0.1) is 0 Å². The number of nitrogens with one attached hydrogen (secondary N) is 1. The fraction of sp³-hybridized carbons (Fsp3) is 0.250. The Labute approximate surface area is 102 Å². The second-order valence-electron chi connectivity index (χ2n) is 5.12. The minimum absolute atomic E-state index is 0.251. The number of rotatable bonds is 0. The lowest BCUT2D eigenvalue weighted by Gasteiger charge is -2.46. The summed E-state index contributed by atoms with van der Waals surface area (Å²) >= 11 is 0. The number of allylic oxidation sites excluding steroid dienone is 4. The number of piperidine rings is 1. The molecular weight excluding hydrogens is 206 g/mol. The molecule has 1 fully saturated rings. The average molecular weight is 221 g/mol. The first-order valence-electron chi connectivity index (χ1n) is 6.33. The van der Waals surface area contributed by atoms with Crippen LogP contribution in [0, 0.1) is 0 Å². The van der Waals surface area contributed by atoms with Crippen molar-refractivity contribution in [2.24, 2.45) is 0 Å². The molecule has 0 spiro atoms. The molecule has 1 N–H and O–H groups in total. The van der Waals surface area contributed by atoms with Crippen LogP contribution in [0.15, 0.2) is 53.8 Å². The predicted molar refractivity (Wildman–Crippen MR) is 70.6 cm³/mol. The fourth-order valence-electron chi connectivity index (χ4n) is 3.53. The number of hydrogen-bond donors (Lipinski definition) is 1. The Morgan fingerprint density at radius 2 is 2.12 bits per heavy atom. The van der Waals surface area contributed by atoms with Gasteiger partial charge >= 0.3 is 0 Å². The van der Waals surface area contributed by atoms with Crippen molar-refractivity contribution in [2.45, 2.75) is 18.3 Å². The van der Waals surface area contributed by atoms with E-state index in [1.807, 2.05) is 0 Å². The van der Waals surface area contributed by atoms with Crippen LogP contribution in [0.1, 0.15) is 24.0 Å². The third kappa shape index (κ3) is 1.09. The van der Waals surface area contributed by atoms with Crippen molar-refractivity contribution in [3.63, 3.8) is 0 Å². The molecule has 1 heteroatoms. The normalized spacial score (nSPS) is 28.5. The first-order valence-corrected chi connectivity index (χ1v) is 6.33. The van der Waals surface area contributed by atoms with Gasteiger partial charge in [0.2, 0.25) is 0 Å². The number of hydrogen-bond acceptors (Lipinski definition) is 1. The molecule has 4 rings (SSSR count). The van der Waals surface area contributed by atoms with Crippen molar-refractivity contribution in [3.8, 4) is 0 Å². The molecule has 1 aliphatic heterocycles. The third-order valence-corrected chi connectivity index (χ3v) is 4.31. The zero-order valence-electron chi connectivity index (χ0n) is 9.74. The summed E-state index contributed by atoms with van der Waals surface area (Å²) in [5, 5.41) is 3.54. The van der Waals surface area contributed by atoms with E-state index >= 15 is 0 Å². The molecule has 84 valence electrons. The van der Waals surface area contributed by atoms with Crippen LogP contribution >= 0.6 is 0 Å². The molecule has 1 unspecified atom stereocenters. The van der Waals surface area contributed by atoms with E-state index in [9.17, 15) is 0 Å². The zero-order valence-corrected chi connectivity index (χ0v) is 9.74. The van der Waals surface area contributed by atoms with E-state index in [4.69, 9.17) is 0 Å². The van der Waals surface area contributed by atoms with Crippen LogP contribution in [0.5, 0.6) is 0 Å². The number of benzene rings is 1. The van der Waals surface area contributed by atoms with Gasteiger partial charge in [0.05, 0.1) is 0 Å². The highest BCUT2D eigenvalue weighted by Gasteiger charge is 2.43. The largest absolute Gasteiger partial charge is 0.385 e. The summed E-state index contributed by atoms with van der Waals surface area (Å²) in [7, 11) is 0. The maximum Gasteiger partial charge on any atom is 0.0388 e. The van der Waals surface area contributed by atoms with Gasteiger partial charge in [0.25, 0.3) is 0 Å². The summed E-state index contributed by atoms with van der Waals surface area (Å²) in [6.07, 6.45) is 11.5. The second kappa shape index (κ2) is 3.13. The molecule has 1 atom stereocenters. The summed E-state index contributed by atoms with van der Waals surface area (Å²) in [5.41, 5.74) is 5.98. The van der Waals surface area contributed by atoms with Crippen molar-refractivity contribution >= 4 is 6.08 Å². The van der Waals surface area contributed by atoms with E-state index in [1.54, 1.807) is 0 Å². The van der Waals surface area contributed by atoms with Gasteiger partial charge in [-0.05, 0) is 35.6 Å². The quantitative estimate of drug-likeness (QED) is 0.709. The van der Waals surface area contributed by atoms with Gasteiger partial charge in [0.1, 0.15) is 0 Å². The molecule has 1 nitrogen and oxygen atoms in total. The minimum Gasteiger partial charge on any atom is -0.385 e. The monoisotopic (exact) mass is 221 g/mol. The topological polar surface area (TPSA) is 12.0 Å². The molecular formula is C16H15N. The van der Waals surface area contributed by atoms with E-state index < -0.39 is 0 Å². The molecule has 3 aliphatic rings. The Bertz CT molecular complexity index is 577. The Kier molecular flexibility index (Phi) is 1.71. The molecule has 1 aromatic carbocycles. The maximum absolute atomic E-state index is 3.54. The third-order valence-electron chi connectivity index (χ3n) is 4.31. The molecule has 0 aromatic heterocycles. The lowest BCUT2D eigenvalue weighted by atomic mass is 9.61. The van der Waals surface area contributed by atoms with E-state index in [0.717, 1.165) is 13.0 Å². The van der Waals surface area contributed by atoms with Crippen molar-refractivity contribution in [2.75, 3.05) is 6.54 Å². The van der Waals surface area contributed by atoms with Crippen LogP contribution in [-0.2, 0) is 5.41 Å². The minimum atomic E-state index is 0.251. The zero-order chi connectivity index (χ0) is 11.3. The van der Waals surface area contributed by atoms with Crippen molar-refractivity contribution in [1.29, 1.82) is 0 Å². The SMILES string of the molecule is C1=CCC23CCNC(=Cc4ccccc42)C3=C1. The molecule has 0 saturated carbocycles. The maximum atomic E-state index is 3.54. The first-order chi connectivity index (χ1) is 8.40. The lowest BCUT2D eigenvalue weighted by Crippen LogP contribution is -2.43. The highest BCUT2D eigenvalue weighted by Crippen LogP contribution is 2.50. The van der Waals surface area contributed by atoms with Crippen LogP contribution in [0.4, 0.5) is 0 Å². The van der Waals surface area contributed by atoms with E-state index in [1.165, 1.54) is 28.8 Å². The van der Waals surface area contributed by atoms with Crippen molar-refractivity contribution < 1.29 is 0 Å². The summed E-state index contributed by atoms with van der Waals surface area (Å²) in [5.74, 6) is 0. The summed E-state index contributed by atoms with van der Waals surface area (Å²) in [6.45, 7) is 1.09. The van der Waals surface area contributed by atoms with Crippen LogP contribution in [0.2, 0.25) is 0 Å². The molecule has 2 aliphatic carbocycles. The van der Waals surface area contributed by atoms with E-state index in [0.29, 0.717) is 0 Å². The van der Waals surface area contributed by atoms with Crippen LogP contribution < -0.4 is 5.32 Å². The highest BCUT2D eigenvalue weighted by molar-refractivity contribution is 5.72.